The first kappa shape index (κ1) is 81.0. The van der Waals surface area contributed by atoms with Crippen LogP contribution in [-0.4, -0.2) is 276 Å². The molecule has 7 aliphatic rings. The molecule has 0 radical (unpaired) electrons. The monoisotopic (exact) mass is 1430 g/mol. The summed E-state index contributed by atoms with van der Waals surface area (Å²) in [5.41, 5.74) is -1.60. The molecule has 25 nitrogen and oxygen atoms in total. The number of ether oxygens (including phenoxy) is 1. The first-order chi connectivity index (χ1) is 47.2. The van der Waals surface area contributed by atoms with Crippen molar-refractivity contribution in [3.8, 4) is 0 Å². The molecule has 29 heteroatoms. The number of piperidine rings is 1. The van der Waals surface area contributed by atoms with E-state index < -0.39 is 168 Å². The van der Waals surface area contributed by atoms with Gasteiger partial charge in [0, 0.05) is 74.3 Å². The molecule has 1 spiro atoms. The molecule has 3 heterocycles. The van der Waals surface area contributed by atoms with Crippen molar-refractivity contribution in [2.45, 2.75) is 254 Å². The molecule has 100 heavy (non-hydrogen) atoms. The summed E-state index contributed by atoms with van der Waals surface area (Å²) in [7, 11) is 9.87. The van der Waals surface area contributed by atoms with Crippen molar-refractivity contribution in [2.24, 2.45) is 29.6 Å². The Bertz CT molecular complexity index is 2910. The van der Waals surface area contributed by atoms with E-state index in [1.54, 1.807) is 11.8 Å². The van der Waals surface area contributed by atoms with Crippen LogP contribution in [-0.2, 0) is 62.3 Å². The molecule has 3 unspecified atom stereocenters. The maximum absolute atomic E-state index is 15.5. The van der Waals surface area contributed by atoms with E-state index in [4.69, 9.17) is 16.3 Å². The maximum Gasteiger partial charge on any atom is 0.393 e. The molecule has 7 fully saturated rings. The first-order valence-electron chi connectivity index (χ1n) is 36.8. The molecule has 0 aromatic heterocycles. The number of halogens is 4. The fourth-order valence-corrected chi connectivity index (χ4v) is 16.1. The van der Waals surface area contributed by atoms with Gasteiger partial charge in [-0.1, -0.05) is 79.1 Å². The summed E-state index contributed by atoms with van der Waals surface area (Å²) in [5.74, 6) is -10.6. The highest BCUT2D eigenvalue weighted by Crippen LogP contribution is 2.44. The number of alkyl halides is 4. The molecular formula is C71H114ClF3N12O13. The van der Waals surface area contributed by atoms with Gasteiger partial charge in [-0.2, -0.15) is 13.2 Å². The van der Waals surface area contributed by atoms with Gasteiger partial charge < -0.3 is 64.8 Å². The minimum absolute atomic E-state index is 0.00486. The fourth-order valence-electron chi connectivity index (χ4n) is 15.5. The zero-order valence-electron chi connectivity index (χ0n) is 61.1. The molecule has 11 atom stereocenters. The Balaban J connectivity index is 1.26. The van der Waals surface area contributed by atoms with Gasteiger partial charge in [0.2, 0.25) is 70.9 Å². The predicted octanol–water partition coefficient (Wildman–Crippen LogP) is 5.08. The van der Waals surface area contributed by atoms with Gasteiger partial charge in [-0.15, -0.1) is 11.6 Å². The van der Waals surface area contributed by atoms with Crippen LogP contribution in [0.1, 0.15) is 188 Å². The Morgan fingerprint density at radius 1 is 0.600 bits per heavy atom. The number of hydrogen-bond acceptors (Lipinski definition) is 13. The molecule has 3 aliphatic heterocycles. The lowest BCUT2D eigenvalue weighted by atomic mass is 9.78. The van der Waals surface area contributed by atoms with Gasteiger partial charge in [0.1, 0.15) is 47.8 Å². The fraction of sp³-hybridized carbons (Fsp3) is 0.831. The number of nitrogens with zero attached hydrogens (tertiary/aromatic N) is 9. The van der Waals surface area contributed by atoms with E-state index >= 15 is 24.0 Å². The molecule has 4 aliphatic carbocycles. The van der Waals surface area contributed by atoms with E-state index in [2.05, 4.69) is 16.0 Å². The number of carbonyl (C=O) groups excluding carboxylic acids is 12. The van der Waals surface area contributed by atoms with Gasteiger partial charge in [-0.25, -0.2) is 0 Å². The second-order valence-electron chi connectivity index (χ2n) is 30.4. The SMILES string of the molecule is CC[C@H](C)[C@@H]1NC(=O)[C@H](CC(C)C)N(C)C(=O)C[C@@H](C(=O)N2CCCCC2)N(C)C(=O)[C@H](COC2CC2)N(C)C(=O)C2(CCCC2)NC(=O)[C@@H]2CCCN2C(=O)[C@H](CCC2CCC(C(F)(F)F)C(Cl)C2)NC(=O)CN(C)C(=O)[C@H](CC2CCCCC2)N(C)C(=O)CN(C)C(=O)CN(C)C1=O. The van der Waals surface area contributed by atoms with E-state index in [1.165, 1.54) is 73.8 Å². The van der Waals surface area contributed by atoms with Crippen LogP contribution in [0.4, 0.5) is 13.2 Å². The highest BCUT2D eigenvalue weighted by molar-refractivity contribution is 6.21. The van der Waals surface area contributed by atoms with Crippen LogP contribution in [0.3, 0.4) is 0 Å². The smallest absolute Gasteiger partial charge is 0.376 e. The van der Waals surface area contributed by atoms with Crippen molar-refractivity contribution in [3.05, 3.63) is 0 Å². The van der Waals surface area contributed by atoms with Crippen molar-refractivity contribution in [1.82, 2.24) is 60.0 Å². The summed E-state index contributed by atoms with van der Waals surface area (Å²) >= 11 is 6.40. The molecule has 0 aromatic rings. The van der Waals surface area contributed by atoms with Crippen LogP contribution in [0.2, 0.25) is 0 Å². The third kappa shape index (κ3) is 21.0. The van der Waals surface area contributed by atoms with Crippen molar-refractivity contribution in [2.75, 3.05) is 95.2 Å². The highest BCUT2D eigenvalue weighted by Gasteiger charge is 2.52. The molecule has 564 valence electrons. The molecule has 7 rings (SSSR count). The predicted molar refractivity (Wildman–Crippen MR) is 367 cm³/mol. The van der Waals surface area contributed by atoms with Gasteiger partial charge in [-0.05, 0) is 126 Å². The molecule has 3 N–H and O–H groups in total. The van der Waals surface area contributed by atoms with Gasteiger partial charge in [0.05, 0.1) is 44.7 Å². The Hall–Kier alpha value is -6.32. The van der Waals surface area contributed by atoms with E-state index in [1.807, 2.05) is 20.8 Å². The molecule has 3 saturated heterocycles. The van der Waals surface area contributed by atoms with Crippen LogP contribution in [0.25, 0.3) is 0 Å². The number of fused-ring (bicyclic) bond motifs is 1. The average Bonchev–Trinajstić information content (AvgIpc) is 1.49. The zero-order chi connectivity index (χ0) is 73.7. The molecule has 4 saturated carbocycles. The summed E-state index contributed by atoms with van der Waals surface area (Å²) in [6, 6.07) is -8.87. The number of rotatable bonds is 13. The topological polar surface area (TPSA) is 279 Å². The van der Waals surface area contributed by atoms with Crippen LogP contribution < -0.4 is 16.0 Å². The quantitative estimate of drug-likeness (QED) is 0.203. The van der Waals surface area contributed by atoms with Crippen molar-refractivity contribution < 1.29 is 75.4 Å². The third-order valence-corrected chi connectivity index (χ3v) is 22.9. The Morgan fingerprint density at radius 2 is 1.22 bits per heavy atom. The van der Waals surface area contributed by atoms with E-state index in [-0.39, 0.29) is 101 Å². The number of likely N-dealkylation sites (N-methyl/N-ethyl adjacent to an activating group) is 7. The summed E-state index contributed by atoms with van der Waals surface area (Å²) < 4.78 is 48.2. The second-order valence-corrected chi connectivity index (χ2v) is 31.0. The Morgan fingerprint density at radius 3 is 1.83 bits per heavy atom. The standard InChI is InChI=1S/C71H114ClF3N12O13/c1-12-45(4)61-68(98)81(7)41-59(90)79(5)42-60(91)83(9)54(38-46-22-15-13-16-23-46)65(95)80(6)40-57(88)76-51(30-26-47-25-29-49(50(72)37-47)71(73,74)75)64(94)87-35-21-24-52(87)63(93)78-70(31-17-18-32-70)69(99)85(11)56(43-100-48-27-28-48)66(96)84(10)55(67(97)86-33-19-14-20-34-86)39-58(89)82(8)53(36-44(2)3)62(92)77-61/h44-56,61H,12-43H2,1-11H3,(H,76,88)(H,77,92)(H,78,93)/t45-,47?,49?,50?,51-,52-,53-,54-,55-,56-,61-/m0/s1. The van der Waals surface area contributed by atoms with E-state index in [0.717, 1.165) is 53.2 Å². The number of amides is 12. The van der Waals surface area contributed by atoms with Crippen LogP contribution in [0.15, 0.2) is 0 Å². The molecular weight excluding hydrogens is 1320 g/mol. The van der Waals surface area contributed by atoms with E-state index in [0.29, 0.717) is 64.5 Å². The summed E-state index contributed by atoms with van der Waals surface area (Å²) in [6.07, 6.45) is 5.25. The largest absolute Gasteiger partial charge is 0.393 e. The summed E-state index contributed by atoms with van der Waals surface area (Å²) in [4.78, 5) is 190. The van der Waals surface area contributed by atoms with E-state index in [9.17, 15) is 46.7 Å². The summed E-state index contributed by atoms with van der Waals surface area (Å²) in [6.45, 7) is 6.15. The number of hydrogen-bond donors (Lipinski definition) is 3. The molecule has 0 aromatic carbocycles. The zero-order valence-corrected chi connectivity index (χ0v) is 61.8. The lowest BCUT2D eigenvalue weighted by Crippen LogP contribution is -2.65. The lowest BCUT2D eigenvalue weighted by Gasteiger charge is -2.40. The lowest BCUT2D eigenvalue weighted by molar-refractivity contribution is -0.182. The van der Waals surface area contributed by atoms with Crippen molar-refractivity contribution in [3.63, 3.8) is 0 Å². The van der Waals surface area contributed by atoms with Gasteiger partial charge in [0.15, 0.2) is 0 Å². The van der Waals surface area contributed by atoms with Crippen molar-refractivity contribution in [1.29, 1.82) is 0 Å². The molecule has 0 bridgehead atoms. The normalized spacial score (nSPS) is 29.8. The minimum Gasteiger partial charge on any atom is -0.376 e. The van der Waals surface area contributed by atoms with Crippen LogP contribution >= 0.6 is 11.6 Å². The number of carbonyl (C=O) groups is 12. The highest BCUT2D eigenvalue weighted by atomic mass is 35.5. The van der Waals surface area contributed by atoms with Gasteiger partial charge >= 0.3 is 6.18 Å². The van der Waals surface area contributed by atoms with Crippen LogP contribution in [0, 0.1) is 29.6 Å². The van der Waals surface area contributed by atoms with Crippen LogP contribution in [0.5, 0.6) is 0 Å². The van der Waals surface area contributed by atoms with Gasteiger partial charge in [0.25, 0.3) is 0 Å². The summed E-state index contributed by atoms with van der Waals surface area (Å²) in [5, 5.41) is 7.54. The second kappa shape index (κ2) is 36.2. The number of nitrogens with one attached hydrogen (secondary N) is 3. The first-order valence-corrected chi connectivity index (χ1v) is 37.2. The Kier molecular flexibility index (Phi) is 29.3. The van der Waals surface area contributed by atoms with Crippen molar-refractivity contribution >= 4 is 82.5 Å². The maximum atomic E-state index is 15.5. The average molecular weight is 1440 g/mol. The minimum atomic E-state index is -4.51. The molecule has 12 amide bonds. The van der Waals surface area contributed by atoms with Gasteiger partial charge in [-0.3, -0.25) is 57.5 Å². The number of likely N-dealkylation sites (tertiary alicyclic amines) is 1. The Labute approximate surface area is 594 Å². The third-order valence-electron chi connectivity index (χ3n) is 22.5.